The fraction of sp³-hybridized carbons (Fsp3) is 0.115. The highest BCUT2D eigenvalue weighted by atomic mass is 16.5. The van der Waals surface area contributed by atoms with E-state index in [2.05, 4.69) is 36.3 Å². The lowest BCUT2D eigenvalue weighted by molar-refractivity contribution is -0.167. The maximum atomic E-state index is 14.0. The molecule has 5 heteroatoms. The zero-order chi connectivity index (χ0) is 21.0. The Morgan fingerprint density at radius 1 is 1.00 bits per heavy atom. The molecule has 0 fully saturated rings. The molecule has 5 nitrogen and oxygen atoms in total. The van der Waals surface area contributed by atoms with Gasteiger partial charge in [0.05, 0.1) is 17.4 Å². The number of anilines is 1. The van der Waals surface area contributed by atoms with Crippen molar-refractivity contribution in [3.8, 4) is 5.75 Å². The van der Waals surface area contributed by atoms with Crippen LogP contribution in [0.2, 0.25) is 0 Å². The average molecular weight is 407 g/mol. The highest BCUT2D eigenvalue weighted by Crippen LogP contribution is 2.54. The van der Waals surface area contributed by atoms with Crippen molar-refractivity contribution in [2.75, 3.05) is 11.4 Å². The van der Waals surface area contributed by atoms with Crippen LogP contribution in [0.5, 0.6) is 5.75 Å². The monoisotopic (exact) mass is 407 g/mol. The number of hydrogen-bond donors (Lipinski definition) is 1. The van der Waals surface area contributed by atoms with Crippen molar-refractivity contribution in [3.63, 3.8) is 0 Å². The first kappa shape index (κ1) is 18.0. The van der Waals surface area contributed by atoms with Gasteiger partial charge in [-0.1, -0.05) is 72.8 Å². The molecule has 3 aromatic rings. The minimum absolute atomic E-state index is 0.122. The summed E-state index contributed by atoms with van der Waals surface area (Å²) in [4.78, 5) is 15.7. The lowest BCUT2D eigenvalue weighted by Gasteiger charge is -2.45. The van der Waals surface area contributed by atoms with Gasteiger partial charge in [0.25, 0.3) is 11.6 Å². The molecule has 152 valence electrons. The van der Waals surface area contributed by atoms with E-state index in [0.29, 0.717) is 6.54 Å². The third-order valence-electron chi connectivity index (χ3n) is 6.17. The molecular formula is C26H21N3O2. The maximum Gasteiger partial charge on any atom is 0.294 e. The van der Waals surface area contributed by atoms with Crippen LogP contribution in [-0.2, 0) is 10.5 Å². The van der Waals surface area contributed by atoms with E-state index in [9.17, 15) is 4.79 Å². The molecule has 3 aromatic carbocycles. The Balaban J connectivity index is 1.56. The molecule has 1 N–H and O–H groups in total. The predicted molar refractivity (Wildman–Crippen MR) is 120 cm³/mol. The first-order valence-corrected chi connectivity index (χ1v) is 10.4. The summed E-state index contributed by atoms with van der Waals surface area (Å²) in [5.74, 6) is 0.600. The standard InChI is InChI=1S/C26H21N3O2/c1-2-16-28-22-14-8-7-13-20(22)26(25(28)30)29-23(19-12-6-9-15-24(19)31-26)17-21(27-29)18-10-4-3-5-11-18/h2-15,17,23,27H,1,16H2/t23-,26+/m0/s1. The van der Waals surface area contributed by atoms with Crippen LogP contribution >= 0.6 is 0 Å². The lowest BCUT2D eigenvalue weighted by atomic mass is 9.95. The van der Waals surface area contributed by atoms with Crippen LogP contribution in [0.25, 0.3) is 5.70 Å². The van der Waals surface area contributed by atoms with Gasteiger partial charge >= 0.3 is 0 Å². The van der Waals surface area contributed by atoms with Gasteiger partial charge in [0.2, 0.25) is 0 Å². The number of rotatable bonds is 3. The SMILES string of the molecule is C=CCN1C(=O)[C@]2(Oc3ccccc3[C@@H]3C=C(c4ccccc4)NN32)c2ccccc21. The van der Waals surface area contributed by atoms with E-state index in [1.54, 1.807) is 11.0 Å². The van der Waals surface area contributed by atoms with Crippen molar-refractivity contribution >= 4 is 17.3 Å². The predicted octanol–water partition coefficient (Wildman–Crippen LogP) is 4.37. The first-order valence-electron chi connectivity index (χ1n) is 10.4. The van der Waals surface area contributed by atoms with Gasteiger partial charge in [-0.25, -0.2) is 0 Å². The molecule has 3 aliphatic rings. The van der Waals surface area contributed by atoms with Gasteiger partial charge in [0.15, 0.2) is 0 Å². The molecule has 0 saturated heterocycles. The number of amides is 1. The molecule has 6 rings (SSSR count). The summed E-state index contributed by atoms with van der Waals surface area (Å²) in [6.07, 6.45) is 3.91. The van der Waals surface area contributed by atoms with Crippen molar-refractivity contribution in [1.82, 2.24) is 10.4 Å². The summed E-state index contributed by atoms with van der Waals surface area (Å²) in [5, 5.41) is 1.96. The van der Waals surface area contributed by atoms with Crippen LogP contribution in [0.15, 0.2) is 97.6 Å². The largest absolute Gasteiger partial charge is 0.457 e. The van der Waals surface area contributed by atoms with Crippen molar-refractivity contribution in [2.24, 2.45) is 0 Å². The Morgan fingerprint density at radius 3 is 2.58 bits per heavy atom. The van der Waals surface area contributed by atoms with Crippen LogP contribution in [0, 0.1) is 0 Å². The fourth-order valence-corrected chi connectivity index (χ4v) is 4.82. The Bertz CT molecular complexity index is 1240. The Labute approximate surface area is 180 Å². The molecule has 0 aromatic heterocycles. The number of carbonyl (C=O) groups excluding carboxylic acids is 1. The number of carbonyl (C=O) groups is 1. The van der Waals surface area contributed by atoms with Crippen LogP contribution in [0.3, 0.4) is 0 Å². The first-order chi connectivity index (χ1) is 15.2. The second kappa shape index (κ2) is 6.59. The number of nitrogens with zero attached hydrogens (tertiary/aromatic N) is 2. The number of nitrogens with one attached hydrogen (secondary N) is 1. The molecule has 3 heterocycles. The Kier molecular flexibility index (Phi) is 3.82. The highest BCUT2D eigenvalue weighted by Gasteiger charge is 2.62. The van der Waals surface area contributed by atoms with Crippen LogP contribution < -0.4 is 15.1 Å². The minimum atomic E-state index is -1.30. The van der Waals surface area contributed by atoms with Crippen molar-refractivity contribution in [2.45, 2.75) is 11.8 Å². The van der Waals surface area contributed by atoms with Gasteiger partial charge in [-0.3, -0.25) is 4.79 Å². The van der Waals surface area contributed by atoms with E-state index in [1.807, 2.05) is 65.7 Å². The van der Waals surface area contributed by atoms with Crippen LogP contribution in [0.1, 0.15) is 22.7 Å². The Morgan fingerprint density at radius 2 is 1.74 bits per heavy atom. The summed E-state index contributed by atoms with van der Waals surface area (Å²) in [6.45, 7) is 4.26. The second-order valence-corrected chi connectivity index (χ2v) is 7.88. The summed E-state index contributed by atoms with van der Waals surface area (Å²) in [7, 11) is 0. The summed E-state index contributed by atoms with van der Waals surface area (Å²) in [6, 6.07) is 25.8. The smallest absolute Gasteiger partial charge is 0.294 e. The number of hydrogen-bond acceptors (Lipinski definition) is 4. The van der Waals surface area contributed by atoms with Gasteiger partial charge < -0.3 is 15.1 Å². The topological polar surface area (TPSA) is 44.8 Å². The number of para-hydroxylation sites is 2. The van der Waals surface area contributed by atoms with E-state index in [-0.39, 0.29) is 11.9 Å². The molecule has 31 heavy (non-hydrogen) atoms. The van der Waals surface area contributed by atoms with Gasteiger partial charge in [-0.15, -0.1) is 6.58 Å². The summed E-state index contributed by atoms with van der Waals surface area (Å²) < 4.78 is 6.60. The highest BCUT2D eigenvalue weighted by molar-refractivity contribution is 6.07. The molecule has 0 unspecified atom stereocenters. The third kappa shape index (κ3) is 2.38. The van der Waals surface area contributed by atoms with E-state index in [4.69, 9.17) is 4.74 Å². The fourth-order valence-electron chi connectivity index (χ4n) is 4.82. The second-order valence-electron chi connectivity index (χ2n) is 7.88. The van der Waals surface area contributed by atoms with Gasteiger partial charge in [-0.2, -0.15) is 5.01 Å². The quantitative estimate of drug-likeness (QED) is 0.655. The van der Waals surface area contributed by atoms with Gasteiger partial charge in [0.1, 0.15) is 5.75 Å². The lowest BCUT2D eigenvalue weighted by Crippen LogP contribution is -2.62. The number of benzene rings is 3. The molecular weight excluding hydrogens is 386 g/mol. The molecule has 3 aliphatic heterocycles. The van der Waals surface area contributed by atoms with Crippen molar-refractivity contribution in [3.05, 3.63) is 114 Å². The van der Waals surface area contributed by atoms with E-state index < -0.39 is 5.72 Å². The van der Waals surface area contributed by atoms with Crippen molar-refractivity contribution in [1.29, 1.82) is 0 Å². The zero-order valence-corrected chi connectivity index (χ0v) is 16.9. The summed E-state index contributed by atoms with van der Waals surface area (Å²) in [5.41, 5.74) is 6.94. The number of ether oxygens (including phenoxy) is 1. The maximum absolute atomic E-state index is 14.0. The van der Waals surface area contributed by atoms with Crippen LogP contribution in [0.4, 0.5) is 5.69 Å². The molecule has 1 amide bonds. The normalized spacial score (nSPS) is 23.5. The van der Waals surface area contributed by atoms with E-state index >= 15 is 0 Å². The van der Waals surface area contributed by atoms with E-state index in [1.165, 1.54) is 0 Å². The van der Waals surface area contributed by atoms with Gasteiger partial charge in [-0.05, 0) is 23.8 Å². The van der Waals surface area contributed by atoms with Crippen LogP contribution in [-0.4, -0.2) is 17.5 Å². The minimum Gasteiger partial charge on any atom is -0.457 e. The molecule has 2 atom stereocenters. The molecule has 0 aliphatic carbocycles. The number of hydrazine groups is 1. The third-order valence-corrected chi connectivity index (χ3v) is 6.17. The zero-order valence-electron chi connectivity index (χ0n) is 16.9. The average Bonchev–Trinajstić information content (AvgIpc) is 3.36. The molecule has 1 spiro atoms. The van der Waals surface area contributed by atoms with Gasteiger partial charge in [0, 0.05) is 17.7 Å². The van der Waals surface area contributed by atoms with Crippen molar-refractivity contribution < 1.29 is 9.53 Å². The molecule has 0 radical (unpaired) electrons. The van der Waals surface area contributed by atoms with E-state index in [0.717, 1.165) is 33.8 Å². The summed E-state index contributed by atoms with van der Waals surface area (Å²) >= 11 is 0. The number of fused-ring (bicyclic) bond motifs is 6. The molecule has 0 saturated carbocycles. The Hall–Kier alpha value is -3.83. The molecule has 0 bridgehead atoms.